The smallest absolute Gasteiger partial charge is 0.270 e. The zero-order chi connectivity index (χ0) is 25.4. The fourth-order valence-electron chi connectivity index (χ4n) is 4.48. The van der Waals surface area contributed by atoms with Crippen molar-refractivity contribution in [1.82, 2.24) is 9.47 Å². The van der Waals surface area contributed by atoms with Crippen molar-refractivity contribution in [2.75, 3.05) is 37.7 Å². The highest BCUT2D eigenvalue weighted by molar-refractivity contribution is 8.26. The van der Waals surface area contributed by atoms with Crippen LogP contribution in [0, 0.1) is 18.3 Å². The molecule has 0 aliphatic carbocycles. The first-order valence-corrected chi connectivity index (χ1v) is 13.9. The molecule has 0 saturated carbocycles. The Morgan fingerprint density at radius 1 is 1.06 bits per heavy atom. The van der Waals surface area contributed by atoms with Gasteiger partial charge in [0.1, 0.15) is 21.8 Å². The number of carbonyl (C=O) groups is 1. The van der Waals surface area contributed by atoms with Crippen LogP contribution < -0.4 is 10.5 Å². The van der Waals surface area contributed by atoms with E-state index in [1.807, 2.05) is 6.08 Å². The Kier molecular flexibility index (Phi) is 10.4. The van der Waals surface area contributed by atoms with Gasteiger partial charge in [-0.1, -0.05) is 69.9 Å². The lowest BCUT2D eigenvalue weighted by atomic mass is 10.0. The third-order valence-corrected chi connectivity index (χ3v) is 7.90. The molecule has 190 valence electrons. The number of thiocarbonyl (C=S) groups is 1. The maximum atomic E-state index is 13.3. The first-order valence-electron chi connectivity index (χ1n) is 12.7. The van der Waals surface area contributed by atoms with Crippen LogP contribution in [0.25, 0.3) is 6.08 Å². The van der Waals surface area contributed by atoms with Gasteiger partial charge in [0.2, 0.25) is 0 Å². The number of carbonyl (C=O) groups excluding carboxylic acids is 1. The summed E-state index contributed by atoms with van der Waals surface area (Å²) in [6, 6.07) is 2.12. The molecule has 1 aromatic rings. The average Bonchev–Trinajstić information content (AvgIpc) is 3.12. The van der Waals surface area contributed by atoms with Crippen molar-refractivity contribution in [3.05, 3.63) is 31.9 Å². The quantitative estimate of drug-likeness (QED) is 0.237. The molecule has 0 spiro atoms. The minimum Gasteiger partial charge on any atom is -0.378 e. The standard InChI is InChI=1S/C26H36N4O3S2/c1-4-6-8-9-10-12-30-25(32)22(35-26(30)34)17-20-19(3)21(18-27)24(31)29(11-7-5-2)23(20)28-13-15-33-16-14-28/h17H,4-16H2,1-3H3/b22-17+. The number of pyridine rings is 1. The molecule has 1 amide bonds. The third-order valence-electron chi connectivity index (χ3n) is 6.53. The second kappa shape index (κ2) is 13.2. The maximum absolute atomic E-state index is 13.3. The van der Waals surface area contributed by atoms with Gasteiger partial charge in [-0.2, -0.15) is 5.26 Å². The van der Waals surface area contributed by atoms with Gasteiger partial charge in [0.15, 0.2) is 0 Å². The zero-order valence-corrected chi connectivity index (χ0v) is 22.7. The lowest BCUT2D eigenvalue weighted by molar-refractivity contribution is -0.122. The molecule has 0 N–H and O–H groups in total. The molecule has 1 aromatic heterocycles. The van der Waals surface area contributed by atoms with Gasteiger partial charge < -0.3 is 9.64 Å². The Labute approximate surface area is 218 Å². The van der Waals surface area contributed by atoms with Gasteiger partial charge in [-0.3, -0.25) is 19.1 Å². The number of aromatic nitrogens is 1. The molecule has 9 heteroatoms. The van der Waals surface area contributed by atoms with E-state index in [-0.39, 0.29) is 17.0 Å². The van der Waals surface area contributed by atoms with E-state index in [2.05, 4.69) is 24.8 Å². The summed E-state index contributed by atoms with van der Waals surface area (Å²) in [6.45, 7) is 9.65. The van der Waals surface area contributed by atoms with Crippen LogP contribution in [0.1, 0.15) is 75.5 Å². The Hall–Kier alpha value is -2.15. The lowest BCUT2D eigenvalue weighted by Gasteiger charge is -2.33. The number of rotatable bonds is 11. The minimum atomic E-state index is -0.267. The monoisotopic (exact) mass is 516 g/mol. The fourth-order valence-corrected chi connectivity index (χ4v) is 5.77. The number of anilines is 1. The summed E-state index contributed by atoms with van der Waals surface area (Å²) in [5.41, 5.74) is 1.23. The Bertz CT molecular complexity index is 1070. The van der Waals surface area contributed by atoms with E-state index in [4.69, 9.17) is 17.0 Å². The molecular formula is C26H36N4O3S2. The van der Waals surface area contributed by atoms with Crippen molar-refractivity contribution >= 4 is 46.1 Å². The van der Waals surface area contributed by atoms with Crippen LogP contribution in [0.4, 0.5) is 5.82 Å². The Balaban J connectivity index is 2.03. The lowest BCUT2D eigenvalue weighted by Crippen LogP contribution is -2.41. The van der Waals surface area contributed by atoms with E-state index >= 15 is 0 Å². The highest BCUT2D eigenvalue weighted by Gasteiger charge is 2.33. The summed E-state index contributed by atoms with van der Waals surface area (Å²) < 4.78 is 7.84. The van der Waals surface area contributed by atoms with E-state index in [1.54, 1.807) is 16.4 Å². The number of hydrogen-bond acceptors (Lipinski definition) is 7. The number of morpholine rings is 1. The van der Waals surface area contributed by atoms with Gasteiger partial charge in [0.05, 0.1) is 18.1 Å². The number of unbranched alkanes of at least 4 members (excludes halogenated alkanes) is 5. The topological polar surface area (TPSA) is 78.6 Å². The van der Waals surface area contributed by atoms with Crippen molar-refractivity contribution in [3.63, 3.8) is 0 Å². The predicted molar refractivity (Wildman–Crippen MR) is 147 cm³/mol. The molecule has 0 radical (unpaired) electrons. The Morgan fingerprint density at radius 3 is 2.40 bits per heavy atom. The van der Waals surface area contributed by atoms with Crippen LogP contribution >= 0.6 is 24.0 Å². The van der Waals surface area contributed by atoms with Gasteiger partial charge in [-0.15, -0.1) is 0 Å². The van der Waals surface area contributed by atoms with E-state index < -0.39 is 0 Å². The van der Waals surface area contributed by atoms with Crippen molar-refractivity contribution in [2.24, 2.45) is 0 Å². The number of ether oxygens (including phenoxy) is 1. The summed E-state index contributed by atoms with van der Waals surface area (Å²) in [6.07, 6.45) is 9.16. The maximum Gasteiger partial charge on any atom is 0.270 e. The molecule has 0 aromatic carbocycles. The Morgan fingerprint density at radius 2 is 1.74 bits per heavy atom. The molecule has 2 aliphatic rings. The van der Waals surface area contributed by atoms with Crippen molar-refractivity contribution < 1.29 is 9.53 Å². The minimum absolute atomic E-state index is 0.0902. The average molecular weight is 517 g/mol. The van der Waals surface area contributed by atoms with Crippen LogP contribution in [0.3, 0.4) is 0 Å². The summed E-state index contributed by atoms with van der Waals surface area (Å²) in [4.78, 5) is 31.0. The summed E-state index contributed by atoms with van der Waals surface area (Å²) in [5, 5.41) is 9.81. The van der Waals surface area contributed by atoms with E-state index in [9.17, 15) is 14.9 Å². The highest BCUT2D eigenvalue weighted by atomic mass is 32.2. The summed E-state index contributed by atoms with van der Waals surface area (Å²) in [5.74, 6) is 0.681. The second-order valence-electron chi connectivity index (χ2n) is 9.01. The normalized spacial score (nSPS) is 17.5. The van der Waals surface area contributed by atoms with Gasteiger partial charge >= 0.3 is 0 Å². The summed E-state index contributed by atoms with van der Waals surface area (Å²) in [7, 11) is 0. The van der Waals surface area contributed by atoms with Gasteiger partial charge in [0.25, 0.3) is 11.5 Å². The molecule has 0 atom stereocenters. The second-order valence-corrected chi connectivity index (χ2v) is 10.7. The van der Waals surface area contributed by atoms with Gasteiger partial charge in [-0.25, -0.2) is 0 Å². The molecule has 7 nitrogen and oxygen atoms in total. The van der Waals surface area contributed by atoms with Crippen LogP contribution in [0.15, 0.2) is 9.70 Å². The molecule has 0 bridgehead atoms. The van der Waals surface area contributed by atoms with E-state index in [0.717, 1.165) is 37.1 Å². The molecule has 0 unspecified atom stereocenters. The van der Waals surface area contributed by atoms with E-state index in [1.165, 1.54) is 31.0 Å². The first kappa shape index (κ1) is 27.4. The van der Waals surface area contributed by atoms with Crippen molar-refractivity contribution in [2.45, 2.75) is 72.3 Å². The highest BCUT2D eigenvalue weighted by Crippen LogP contribution is 2.36. The summed E-state index contributed by atoms with van der Waals surface area (Å²) >= 11 is 6.85. The zero-order valence-electron chi connectivity index (χ0n) is 21.1. The third kappa shape index (κ3) is 6.35. The molecular weight excluding hydrogens is 480 g/mol. The van der Waals surface area contributed by atoms with Crippen LogP contribution in [-0.2, 0) is 16.1 Å². The SMILES string of the molecule is CCCCCCCN1C(=O)/C(=C\c2c(C)c(C#N)c(=O)n(CCCC)c2N2CCOCC2)SC1=S. The van der Waals surface area contributed by atoms with Crippen LogP contribution in [0.2, 0.25) is 0 Å². The van der Waals surface area contributed by atoms with E-state index in [0.29, 0.717) is 54.2 Å². The number of nitriles is 1. The fraction of sp³-hybridized carbons (Fsp3) is 0.615. The predicted octanol–water partition coefficient (Wildman–Crippen LogP) is 4.84. The van der Waals surface area contributed by atoms with Crippen LogP contribution in [-0.4, -0.2) is 52.5 Å². The van der Waals surface area contributed by atoms with Crippen molar-refractivity contribution in [3.8, 4) is 6.07 Å². The molecule has 35 heavy (non-hydrogen) atoms. The number of amides is 1. The molecule has 2 fully saturated rings. The first-order chi connectivity index (χ1) is 16.9. The number of thioether (sulfide) groups is 1. The molecule has 2 saturated heterocycles. The van der Waals surface area contributed by atoms with Crippen molar-refractivity contribution in [1.29, 1.82) is 5.26 Å². The number of hydrogen-bond donors (Lipinski definition) is 0. The van der Waals surface area contributed by atoms with Gasteiger partial charge in [0, 0.05) is 31.7 Å². The molecule has 2 aliphatic heterocycles. The molecule has 3 rings (SSSR count). The molecule has 3 heterocycles. The largest absolute Gasteiger partial charge is 0.378 e. The van der Waals surface area contributed by atoms with Crippen LogP contribution in [0.5, 0.6) is 0 Å². The van der Waals surface area contributed by atoms with Gasteiger partial charge in [-0.05, 0) is 31.4 Å². The number of nitrogens with zero attached hydrogens (tertiary/aromatic N) is 4.